The molecule has 0 amide bonds. The van der Waals surface area contributed by atoms with E-state index < -0.39 is 0 Å². The van der Waals surface area contributed by atoms with Crippen molar-refractivity contribution in [1.29, 1.82) is 0 Å². The van der Waals surface area contributed by atoms with E-state index in [9.17, 15) is 5.11 Å². The van der Waals surface area contributed by atoms with E-state index >= 15 is 0 Å². The Bertz CT molecular complexity index is 537. The van der Waals surface area contributed by atoms with Gasteiger partial charge in [-0.05, 0) is 55.3 Å². The molecule has 0 aliphatic rings. The molecular weight excluding hydrogens is 246 g/mol. The predicted molar refractivity (Wildman–Crippen MR) is 76.3 cm³/mol. The van der Waals surface area contributed by atoms with Crippen molar-refractivity contribution < 1.29 is 5.11 Å². The highest BCUT2D eigenvalue weighted by Crippen LogP contribution is 2.24. The van der Waals surface area contributed by atoms with E-state index in [0.29, 0.717) is 5.75 Å². The summed E-state index contributed by atoms with van der Waals surface area (Å²) in [4.78, 5) is 0. The van der Waals surface area contributed by atoms with Crippen LogP contribution in [0, 0.1) is 6.92 Å². The van der Waals surface area contributed by atoms with Gasteiger partial charge in [0, 0.05) is 16.8 Å². The largest absolute Gasteiger partial charge is 0.508 e. The fourth-order valence-corrected chi connectivity index (χ4v) is 1.96. The summed E-state index contributed by atoms with van der Waals surface area (Å²) < 4.78 is 0. The number of phenols is 1. The van der Waals surface area contributed by atoms with Crippen molar-refractivity contribution in [2.75, 3.05) is 5.32 Å². The van der Waals surface area contributed by atoms with E-state index in [1.807, 2.05) is 43.3 Å². The summed E-state index contributed by atoms with van der Waals surface area (Å²) in [7, 11) is 0. The van der Waals surface area contributed by atoms with Gasteiger partial charge in [-0.3, -0.25) is 0 Å². The van der Waals surface area contributed by atoms with Crippen LogP contribution < -0.4 is 5.32 Å². The Balaban J connectivity index is 2.13. The van der Waals surface area contributed by atoms with Crippen LogP contribution in [0.4, 0.5) is 5.69 Å². The Labute approximate surface area is 112 Å². The van der Waals surface area contributed by atoms with Gasteiger partial charge in [0.15, 0.2) is 0 Å². The van der Waals surface area contributed by atoms with Gasteiger partial charge in [0.25, 0.3) is 0 Å². The molecule has 2 N–H and O–H groups in total. The topological polar surface area (TPSA) is 32.3 Å². The molecule has 1 unspecified atom stereocenters. The summed E-state index contributed by atoms with van der Waals surface area (Å²) in [5.41, 5.74) is 3.03. The Morgan fingerprint density at radius 2 is 1.78 bits per heavy atom. The van der Waals surface area contributed by atoms with Gasteiger partial charge < -0.3 is 10.4 Å². The van der Waals surface area contributed by atoms with Gasteiger partial charge in [0.2, 0.25) is 0 Å². The summed E-state index contributed by atoms with van der Waals surface area (Å²) >= 11 is 5.87. The molecule has 0 heterocycles. The molecule has 18 heavy (non-hydrogen) atoms. The molecule has 2 aromatic carbocycles. The molecule has 0 bridgehead atoms. The molecular formula is C15H16ClNO. The lowest BCUT2D eigenvalue weighted by Crippen LogP contribution is -2.06. The van der Waals surface area contributed by atoms with Gasteiger partial charge in [-0.2, -0.15) is 0 Å². The first-order chi connectivity index (χ1) is 8.56. The number of hydrogen-bond donors (Lipinski definition) is 2. The zero-order chi connectivity index (χ0) is 13.1. The van der Waals surface area contributed by atoms with Gasteiger partial charge >= 0.3 is 0 Å². The van der Waals surface area contributed by atoms with E-state index in [4.69, 9.17) is 11.6 Å². The second kappa shape index (κ2) is 5.32. The molecule has 1 atom stereocenters. The number of benzene rings is 2. The number of hydrogen-bond acceptors (Lipinski definition) is 2. The van der Waals surface area contributed by atoms with Crippen LogP contribution in [0.3, 0.4) is 0 Å². The quantitative estimate of drug-likeness (QED) is 0.796. The number of nitrogens with one attached hydrogen (secondary N) is 1. The van der Waals surface area contributed by atoms with E-state index in [2.05, 4.69) is 12.2 Å². The first-order valence-electron chi connectivity index (χ1n) is 5.88. The zero-order valence-corrected chi connectivity index (χ0v) is 11.2. The van der Waals surface area contributed by atoms with Crippen molar-refractivity contribution in [2.45, 2.75) is 19.9 Å². The van der Waals surface area contributed by atoms with Crippen LogP contribution in [0.25, 0.3) is 0 Å². The fourth-order valence-electron chi connectivity index (χ4n) is 1.83. The number of anilines is 1. The molecule has 2 aromatic rings. The van der Waals surface area contributed by atoms with Crippen LogP contribution >= 0.6 is 11.6 Å². The van der Waals surface area contributed by atoms with Gasteiger partial charge in [-0.1, -0.05) is 23.7 Å². The number of phenolic OH excluding ortho intramolecular Hbond substituents is 1. The number of rotatable bonds is 3. The van der Waals surface area contributed by atoms with Crippen LogP contribution in [-0.2, 0) is 0 Å². The van der Waals surface area contributed by atoms with Crippen LogP contribution in [-0.4, -0.2) is 5.11 Å². The van der Waals surface area contributed by atoms with Crippen molar-refractivity contribution >= 4 is 17.3 Å². The van der Waals surface area contributed by atoms with E-state index in [1.165, 1.54) is 5.56 Å². The summed E-state index contributed by atoms with van der Waals surface area (Å²) in [6.45, 7) is 3.97. The first kappa shape index (κ1) is 12.8. The van der Waals surface area contributed by atoms with Gasteiger partial charge in [0.05, 0.1) is 0 Å². The third-order valence-electron chi connectivity index (χ3n) is 2.95. The molecule has 0 spiro atoms. The lowest BCUT2D eigenvalue weighted by molar-refractivity contribution is 0.471. The maximum Gasteiger partial charge on any atom is 0.118 e. The summed E-state index contributed by atoms with van der Waals surface area (Å²) in [5.74, 6) is 0.319. The maximum atomic E-state index is 9.48. The predicted octanol–water partition coefficient (Wildman–Crippen LogP) is 4.53. The average molecular weight is 262 g/mol. The normalized spacial score (nSPS) is 12.2. The molecule has 0 saturated heterocycles. The van der Waals surface area contributed by atoms with Crippen LogP contribution in [0.2, 0.25) is 5.02 Å². The molecule has 0 aliphatic carbocycles. The molecule has 0 saturated carbocycles. The van der Waals surface area contributed by atoms with E-state index in [0.717, 1.165) is 16.3 Å². The van der Waals surface area contributed by atoms with Crippen molar-refractivity contribution in [3.63, 3.8) is 0 Å². The molecule has 0 aromatic heterocycles. The Kier molecular flexibility index (Phi) is 3.78. The van der Waals surface area contributed by atoms with Gasteiger partial charge in [-0.25, -0.2) is 0 Å². The Morgan fingerprint density at radius 3 is 2.39 bits per heavy atom. The first-order valence-corrected chi connectivity index (χ1v) is 6.25. The van der Waals surface area contributed by atoms with E-state index in [-0.39, 0.29) is 6.04 Å². The maximum absolute atomic E-state index is 9.48. The Morgan fingerprint density at radius 1 is 1.11 bits per heavy atom. The fraction of sp³-hybridized carbons (Fsp3) is 0.200. The van der Waals surface area contributed by atoms with Crippen molar-refractivity contribution in [3.05, 3.63) is 58.6 Å². The minimum absolute atomic E-state index is 0.186. The standard InChI is InChI=1S/C15H16ClNO/c1-10-9-14(7-8-15(10)18)17-11(2)12-3-5-13(16)6-4-12/h3-9,11,17-18H,1-2H3. The third kappa shape index (κ3) is 2.96. The lowest BCUT2D eigenvalue weighted by atomic mass is 10.1. The monoisotopic (exact) mass is 261 g/mol. The van der Waals surface area contributed by atoms with Crippen molar-refractivity contribution in [3.8, 4) is 5.75 Å². The molecule has 2 rings (SSSR count). The van der Waals surface area contributed by atoms with Gasteiger partial charge in [0.1, 0.15) is 5.75 Å². The molecule has 0 radical (unpaired) electrons. The highest BCUT2D eigenvalue weighted by Gasteiger charge is 2.06. The zero-order valence-electron chi connectivity index (χ0n) is 10.4. The van der Waals surface area contributed by atoms with Crippen LogP contribution in [0.1, 0.15) is 24.1 Å². The van der Waals surface area contributed by atoms with Crippen molar-refractivity contribution in [2.24, 2.45) is 0 Å². The number of aryl methyl sites for hydroxylation is 1. The second-order valence-electron chi connectivity index (χ2n) is 4.42. The summed E-state index contributed by atoms with van der Waals surface area (Å²) in [5, 5.41) is 13.6. The molecule has 0 aliphatic heterocycles. The lowest BCUT2D eigenvalue weighted by Gasteiger charge is -2.16. The highest BCUT2D eigenvalue weighted by molar-refractivity contribution is 6.30. The summed E-state index contributed by atoms with van der Waals surface area (Å²) in [6, 6.07) is 13.5. The Hall–Kier alpha value is -1.67. The van der Waals surface area contributed by atoms with Crippen LogP contribution in [0.15, 0.2) is 42.5 Å². The van der Waals surface area contributed by atoms with Crippen LogP contribution in [0.5, 0.6) is 5.75 Å². The number of halogens is 1. The number of aromatic hydroxyl groups is 1. The third-order valence-corrected chi connectivity index (χ3v) is 3.20. The average Bonchev–Trinajstić information content (AvgIpc) is 2.34. The molecule has 2 nitrogen and oxygen atoms in total. The van der Waals surface area contributed by atoms with E-state index in [1.54, 1.807) is 6.07 Å². The molecule has 3 heteroatoms. The molecule has 94 valence electrons. The second-order valence-corrected chi connectivity index (χ2v) is 4.86. The SMILES string of the molecule is Cc1cc(NC(C)c2ccc(Cl)cc2)ccc1O. The highest BCUT2D eigenvalue weighted by atomic mass is 35.5. The van der Waals surface area contributed by atoms with Crippen molar-refractivity contribution in [1.82, 2.24) is 0 Å². The van der Waals surface area contributed by atoms with Gasteiger partial charge in [-0.15, -0.1) is 0 Å². The summed E-state index contributed by atoms with van der Waals surface area (Å²) in [6.07, 6.45) is 0. The smallest absolute Gasteiger partial charge is 0.118 e. The minimum atomic E-state index is 0.186. The molecule has 0 fully saturated rings. The minimum Gasteiger partial charge on any atom is -0.508 e.